The molecule has 0 aliphatic rings. The van der Waals surface area contributed by atoms with Crippen LogP contribution < -0.4 is 0 Å². The third kappa shape index (κ3) is 3.16. The summed E-state index contributed by atoms with van der Waals surface area (Å²) in [6, 6.07) is 2.27. The van der Waals surface area contributed by atoms with Crippen molar-refractivity contribution in [3.05, 3.63) is 0 Å². The second-order valence-electron chi connectivity index (χ2n) is 3.13. The number of hydrogen-bond acceptors (Lipinski definition) is 2. The summed E-state index contributed by atoms with van der Waals surface area (Å²) in [4.78, 5) is 3.88. The fourth-order valence-corrected chi connectivity index (χ4v) is 4.07. The summed E-state index contributed by atoms with van der Waals surface area (Å²) in [5.41, 5.74) is 0. The highest BCUT2D eigenvalue weighted by Crippen LogP contribution is 2.13. The highest BCUT2D eigenvalue weighted by molar-refractivity contribution is 6.65. The Morgan fingerprint density at radius 2 is 1.91 bits per heavy atom. The molecule has 0 aromatic carbocycles. The Morgan fingerprint density at radius 3 is 2.18 bits per heavy atom. The van der Waals surface area contributed by atoms with E-state index in [9.17, 15) is 5.11 Å². The molecular formula is C8H19NOSi. The second kappa shape index (κ2) is 4.67. The molecule has 0 amide bonds. The zero-order chi connectivity index (χ0) is 8.91. The third-order valence-corrected chi connectivity index (χ3v) is 5.98. The van der Waals surface area contributed by atoms with Gasteiger partial charge in [0.05, 0.1) is 14.0 Å². The number of rotatable bonds is 4. The van der Waals surface area contributed by atoms with E-state index in [0.717, 1.165) is 12.1 Å². The maximum atomic E-state index is 9.89. The Bertz CT molecular complexity index is 130. The van der Waals surface area contributed by atoms with Gasteiger partial charge in [-0.2, -0.15) is 0 Å². The predicted octanol–water partition coefficient (Wildman–Crippen LogP) is 1.24. The van der Waals surface area contributed by atoms with Gasteiger partial charge in [-0.3, -0.25) is 4.99 Å². The van der Waals surface area contributed by atoms with Crippen LogP contribution in [0.3, 0.4) is 0 Å². The number of nitrogens with zero attached hydrogens (tertiary/aromatic N) is 1. The van der Waals surface area contributed by atoms with E-state index in [2.05, 4.69) is 18.8 Å². The van der Waals surface area contributed by atoms with Crippen LogP contribution in [0.5, 0.6) is 0 Å². The van der Waals surface area contributed by atoms with E-state index in [4.69, 9.17) is 0 Å². The standard InChI is InChI=1S/C8H19NOSi/c1-5-11(6-2)8(3,10)7-9-4/h7,10-11H,5-6H2,1-4H3. The lowest BCUT2D eigenvalue weighted by atomic mass is 10.4. The van der Waals surface area contributed by atoms with Crippen LogP contribution in [-0.2, 0) is 0 Å². The van der Waals surface area contributed by atoms with E-state index >= 15 is 0 Å². The van der Waals surface area contributed by atoms with Crippen molar-refractivity contribution in [1.82, 2.24) is 0 Å². The molecule has 1 unspecified atom stereocenters. The molecule has 0 aromatic rings. The van der Waals surface area contributed by atoms with Gasteiger partial charge in [0.1, 0.15) is 0 Å². The molecule has 2 nitrogen and oxygen atoms in total. The normalized spacial score (nSPS) is 17.6. The molecule has 0 saturated carbocycles. The average Bonchev–Trinajstić information content (AvgIpc) is 1.89. The molecule has 1 N–H and O–H groups in total. The van der Waals surface area contributed by atoms with Crippen LogP contribution in [0, 0.1) is 0 Å². The molecule has 0 saturated heterocycles. The van der Waals surface area contributed by atoms with E-state index in [1.807, 2.05) is 6.92 Å². The average molecular weight is 173 g/mol. The van der Waals surface area contributed by atoms with Crippen molar-refractivity contribution in [2.75, 3.05) is 7.05 Å². The first-order valence-corrected chi connectivity index (χ1v) is 6.45. The van der Waals surface area contributed by atoms with Crippen LogP contribution in [-0.4, -0.2) is 32.4 Å². The van der Waals surface area contributed by atoms with Gasteiger partial charge in [0.25, 0.3) is 0 Å². The first-order chi connectivity index (χ1) is 5.08. The number of aliphatic imine (C=N–C) groups is 1. The molecule has 0 aliphatic carbocycles. The Morgan fingerprint density at radius 1 is 1.45 bits per heavy atom. The Labute approximate surface area is 71.0 Å². The zero-order valence-electron chi connectivity index (χ0n) is 7.96. The van der Waals surface area contributed by atoms with Crippen molar-refractivity contribution in [2.45, 2.75) is 38.1 Å². The first kappa shape index (κ1) is 10.8. The Balaban J connectivity index is 4.23. The van der Waals surface area contributed by atoms with Gasteiger partial charge < -0.3 is 5.11 Å². The lowest BCUT2D eigenvalue weighted by Crippen LogP contribution is -2.43. The van der Waals surface area contributed by atoms with Crippen molar-refractivity contribution in [1.29, 1.82) is 0 Å². The summed E-state index contributed by atoms with van der Waals surface area (Å²) in [7, 11) is 0.701. The quantitative estimate of drug-likeness (QED) is 0.503. The molecule has 0 bridgehead atoms. The summed E-state index contributed by atoms with van der Waals surface area (Å²) in [6.07, 6.45) is 1.69. The van der Waals surface area contributed by atoms with Crippen LogP contribution in [0.1, 0.15) is 20.8 Å². The van der Waals surface area contributed by atoms with E-state index < -0.39 is 14.0 Å². The van der Waals surface area contributed by atoms with Gasteiger partial charge in [0, 0.05) is 13.3 Å². The lowest BCUT2D eigenvalue weighted by molar-refractivity contribution is 0.215. The number of aliphatic hydroxyl groups is 1. The molecule has 0 aromatic heterocycles. The Hall–Kier alpha value is -0.153. The summed E-state index contributed by atoms with van der Waals surface area (Å²) in [5, 5.41) is 9.30. The highest BCUT2D eigenvalue weighted by atomic mass is 28.3. The van der Waals surface area contributed by atoms with E-state index in [-0.39, 0.29) is 0 Å². The van der Waals surface area contributed by atoms with Crippen LogP contribution in [0.4, 0.5) is 0 Å². The van der Waals surface area contributed by atoms with Gasteiger partial charge in [0.2, 0.25) is 0 Å². The van der Waals surface area contributed by atoms with Gasteiger partial charge in [-0.1, -0.05) is 25.9 Å². The maximum absolute atomic E-state index is 9.89. The van der Waals surface area contributed by atoms with Gasteiger partial charge in [-0.25, -0.2) is 0 Å². The minimum atomic E-state index is -1.01. The van der Waals surface area contributed by atoms with Crippen LogP contribution >= 0.6 is 0 Å². The lowest BCUT2D eigenvalue weighted by Gasteiger charge is -2.26. The molecule has 66 valence electrons. The summed E-state index contributed by atoms with van der Waals surface area (Å²) in [5.74, 6) is 0. The summed E-state index contributed by atoms with van der Waals surface area (Å²) in [6.45, 7) is 6.18. The molecule has 0 rings (SSSR count). The molecule has 0 heterocycles. The number of hydrogen-bond donors (Lipinski definition) is 1. The summed E-state index contributed by atoms with van der Waals surface area (Å²) < 4.78 is 0. The molecule has 11 heavy (non-hydrogen) atoms. The molecule has 3 heteroatoms. The Kier molecular flexibility index (Phi) is 4.60. The zero-order valence-corrected chi connectivity index (χ0v) is 9.12. The van der Waals surface area contributed by atoms with Crippen LogP contribution in [0.2, 0.25) is 12.1 Å². The fourth-order valence-electron chi connectivity index (χ4n) is 1.48. The summed E-state index contributed by atoms with van der Waals surface area (Å²) >= 11 is 0. The smallest absolute Gasteiger partial charge is 0.0824 e. The van der Waals surface area contributed by atoms with E-state index in [0.29, 0.717) is 0 Å². The SMILES string of the molecule is CC[SiH](CC)C(C)(O)C=NC. The fraction of sp³-hybridized carbons (Fsp3) is 0.875. The maximum Gasteiger partial charge on any atom is 0.0824 e. The molecular weight excluding hydrogens is 154 g/mol. The molecule has 0 fully saturated rings. The second-order valence-corrected chi connectivity index (χ2v) is 7.32. The topological polar surface area (TPSA) is 32.6 Å². The highest BCUT2D eigenvalue weighted by Gasteiger charge is 2.27. The van der Waals surface area contributed by atoms with Crippen LogP contribution in [0.25, 0.3) is 0 Å². The van der Waals surface area contributed by atoms with Crippen molar-refractivity contribution in [3.8, 4) is 0 Å². The van der Waals surface area contributed by atoms with Crippen LogP contribution in [0.15, 0.2) is 4.99 Å². The molecule has 1 atom stereocenters. The van der Waals surface area contributed by atoms with E-state index in [1.54, 1.807) is 13.3 Å². The first-order valence-electron chi connectivity index (χ1n) is 4.24. The van der Waals surface area contributed by atoms with E-state index in [1.165, 1.54) is 0 Å². The minimum Gasteiger partial charge on any atom is -0.389 e. The monoisotopic (exact) mass is 173 g/mol. The van der Waals surface area contributed by atoms with Gasteiger partial charge >= 0.3 is 0 Å². The van der Waals surface area contributed by atoms with Gasteiger partial charge in [-0.05, 0) is 6.92 Å². The van der Waals surface area contributed by atoms with Crippen molar-refractivity contribution in [2.24, 2.45) is 4.99 Å². The molecule has 0 aliphatic heterocycles. The minimum absolute atomic E-state index is 0.585. The van der Waals surface area contributed by atoms with Gasteiger partial charge in [-0.15, -0.1) is 0 Å². The van der Waals surface area contributed by atoms with Gasteiger partial charge in [0.15, 0.2) is 0 Å². The third-order valence-electron chi connectivity index (χ3n) is 2.20. The van der Waals surface area contributed by atoms with Crippen molar-refractivity contribution in [3.63, 3.8) is 0 Å². The largest absolute Gasteiger partial charge is 0.389 e. The molecule has 0 spiro atoms. The predicted molar refractivity (Wildman–Crippen MR) is 53.2 cm³/mol. The van der Waals surface area contributed by atoms with Crippen molar-refractivity contribution >= 4 is 15.0 Å². The van der Waals surface area contributed by atoms with Crippen molar-refractivity contribution < 1.29 is 5.11 Å². The molecule has 0 radical (unpaired) electrons.